The van der Waals surface area contributed by atoms with Crippen LogP contribution in [0.25, 0.3) is 0 Å². The number of piperidine rings is 1. The summed E-state index contributed by atoms with van der Waals surface area (Å²) in [6.45, 7) is 0.619. The summed E-state index contributed by atoms with van der Waals surface area (Å²) in [5.41, 5.74) is 7.01. The van der Waals surface area contributed by atoms with Crippen LogP contribution in [0.5, 0.6) is 0 Å². The summed E-state index contributed by atoms with van der Waals surface area (Å²) >= 11 is 0. The number of aliphatic hydroxyl groups excluding tert-OH is 1. The molecule has 0 saturated carbocycles. The first-order valence-corrected chi connectivity index (χ1v) is 5.84. The van der Waals surface area contributed by atoms with E-state index in [1.54, 1.807) is 11.1 Å². The number of aliphatic hydroxyl groups is 1. The first-order chi connectivity index (χ1) is 8.22. The lowest BCUT2D eigenvalue weighted by Gasteiger charge is -2.34. The molecule has 2 rings (SSSR count). The van der Waals surface area contributed by atoms with Crippen molar-refractivity contribution in [3.05, 3.63) is 29.6 Å². The van der Waals surface area contributed by atoms with E-state index in [1.165, 1.54) is 0 Å². The van der Waals surface area contributed by atoms with Gasteiger partial charge in [-0.2, -0.15) is 0 Å². The molecule has 1 aliphatic heterocycles. The molecular formula is C12H17N3O2. The van der Waals surface area contributed by atoms with Crippen molar-refractivity contribution in [2.45, 2.75) is 31.9 Å². The minimum absolute atomic E-state index is 0.0227. The molecule has 2 amide bonds. The fourth-order valence-corrected chi connectivity index (χ4v) is 2.33. The molecule has 1 aromatic rings. The van der Waals surface area contributed by atoms with Gasteiger partial charge in [0.25, 0.3) is 0 Å². The molecular weight excluding hydrogens is 218 g/mol. The van der Waals surface area contributed by atoms with Crippen LogP contribution >= 0.6 is 0 Å². The molecule has 5 nitrogen and oxygen atoms in total. The van der Waals surface area contributed by atoms with E-state index in [9.17, 15) is 4.79 Å². The second-order valence-electron chi connectivity index (χ2n) is 4.28. The standard InChI is InChI=1S/C12H17N3O2/c13-12(17)15-6-2-1-3-11(15)9-4-5-14-10(7-9)8-16/h4-5,7,11,16H,1-3,6,8H2,(H2,13,17). The van der Waals surface area contributed by atoms with Crippen molar-refractivity contribution >= 4 is 6.03 Å². The number of carbonyl (C=O) groups excluding carboxylic acids is 1. The third-order valence-electron chi connectivity index (χ3n) is 3.17. The Kier molecular flexibility index (Phi) is 3.58. The van der Waals surface area contributed by atoms with Gasteiger partial charge in [0.2, 0.25) is 0 Å². The average molecular weight is 235 g/mol. The van der Waals surface area contributed by atoms with Crippen molar-refractivity contribution in [3.63, 3.8) is 0 Å². The number of likely N-dealkylation sites (tertiary alicyclic amines) is 1. The highest BCUT2D eigenvalue weighted by molar-refractivity contribution is 5.72. The normalized spacial score (nSPS) is 20.3. The molecule has 1 unspecified atom stereocenters. The van der Waals surface area contributed by atoms with Crippen molar-refractivity contribution in [2.75, 3.05) is 6.54 Å². The molecule has 92 valence electrons. The summed E-state index contributed by atoms with van der Waals surface area (Å²) in [5, 5.41) is 9.07. The Balaban J connectivity index is 2.26. The van der Waals surface area contributed by atoms with Gasteiger partial charge in [-0.3, -0.25) is 4.98 Å². The van der Waals surface area contributed by atoms with Crippen molar-refractivity contribution < 1.29 is 9.90 Å². The highest BCUT2D eigenvalue weighted by atomic mass is 16.3. The fraction of sp³-hybridized carbons (Fsp3) is 0.500. The summed E-state index contributed by atoms with van der Waals surface area (Å²) in [7, 11) is 0. The van der Waals surface area contributed by atoms with E-state index in [2.05, 4.69) is 4.98 Å². The largest absolute Gasteiger partial charge is 0.390 e. The number of nitrogens with two attached hydrogens (primary N) is 1. The predicted molar refractivity (Wildman–Crippen MR) is 63.0 cm³/mol. The number of pyridine rings is 1. The number of primary amides is 1. The number of hydrogen-bond donors (Lipinski definition) is 2. The molecule has 1 fully saturated rings. The van der Waals surface area contributed by atoms with Crippen LogP contribution in [0.1, 0.15) is 36.6 Å². The summed E-state index contributed by atoms with van der Waals surface area (Å²) in [4.78, 5) is 17.1. The molecule has 1 aromatic heterocycles. The second kappa shape index (κ2) is 5.14. The number of amides is 2. The van der Waals surface area contributed by atoms with Crippen LogP contribution < -0.4 is 5.73 Å². The van der Waals surface area contributed by atoms with Gasteiger partial charge in [0.15, 0.2) is 0 Å². The van der Waals surface area contributed by atoms with Crippen LogP contribution in [0.15, 0.2) is 18.3 Å². The molecule has 5 heteroatoms. The Hall–Kier alpha value is -1.62. The van der Waals surface area contributed by atoms with Crippen LogP contribution in [0.2, 0.25) is 0 Å². The van der Waals surface area contributed by atoms with Crippen molar-refractivity contribution in [1.29, 1.82) is 0 Å². The minimum Gasteiger partial charge on any atom is -0.390 e. The molecule has 1 aliphatic rings. The SMILES string of the molecule is NC(=O)N1CCCCC1c1ccnc(CO)c1. The molecule has 17 heavy (non-hydrogen) atoms. The number of nitrogens with zero attached hydrogens (tertiary/aromatic N) is 2. The van der Waals surface area contributed by atoms with Gasteiger partial charge in [-0.25, -0.2) is 4.79 Å². The van der Waals surface area contributed by atoms with Gasteiger partial charge in [0.1, 0.15) is 0 Å². The molecule has 0 aromatic carbocycles. The van der Waals surface area contributed by atoms with E-state index in [4.69, 9.17) is 10.8 Å². The second-order valence-corrected chi connectivity index (χ2v) is 4.28. The summed E-state index contributed by atoms with van der Waals surface area (Å²) in [5.74, 6) is 0. The molecule has 1 atom stereocenters. The molecule has 0 aliphatic carbocycles. The lowest BCUT2D eigenvalue weighted by Crippen LogP contribution is -2.41. The van der Waals surface area contributed by atoms with Gasteiger partial charge in [-0.1, -0.05) is 0 Å². The monoisotopic (exact) mass is 235 g/mol. The minimum atomic E-state index is -0.378. The molecule has 3 N–H and O–H groups in total. The number of aromatic nitrogens is 1. The molecule has 0 radical (unpaired) electrons. The highest BCUT2D eigenvalue weighted by Gasteiger charge is 2.26. The first kappa shape index (κ1) is 11.9. The average Bonchev–Trinajstić information content (AvgIpc) is 2.39. The topological polar surface area (TPSA) is 79.5 Å². The zero-order valence-corrected chi connectivity index (χ0v) is 9.67. The Morgan fingerprint density at radius 3 is 3.12 bits per heavy atom. The van der Waals surface area contributed by atoms with Crippen LogP contribution in [0.4, 0.5) is 4.79 Å². The summed E-state index contributed by atoms with van der Waals surface area (Å²) < 4.78 is 0. The Bertz CT molecular complexity index is 408. The molecule has 2 heterocycles. The Morgan fingerprint density at radius 1 is 1.59 bits per heavy atom. The van der Waals surface area contributed by atoms with Gasteiger partial charge >= 0.3 is 6.03 Å². The third-order valence-corrected chi connectivity index (χ3v) is 3.17. The maximum atomic E-state index is 11.4. The fourth-order valence-electron chi connectivity index (χ4n) is 2.33. The third kappa shape index (κ3) is 2.55. The number of rotatable bonds is 2. The number of urea groups is 1. The van der Waals surface area contributed by atoms with E-state index in [1.807, 2.05) is 12.1 Å². The van der Waals surface area contributed by atoms with Gasteiger partial charge in [0.05, 0.1) is 18.3 Å². The van der Waals surface area contributed by atoms with Crippen LogP contribution in [-0.4, -0.2) is 27.6 Å². The smallest absolute Gasteiger partial charge is 0.315 e. The summed E-state index contributed by atoms with van der Waals surface area (Å²) in [6, 6.07) is 3.36. The number of carbonyl (C=O) groups is 1. The van der Waals surface area contributed by atoms with E-state index < -0.39 is 0 Å². The predicted octanol–water partition coefficient (Wildman–Crippen LogP) is 1.18. The van der Waals surface area contributed by atoms with E-state index in [0.29, 0.717) is 12.2 Å². The van der Waals surface area contributed by atoms with Crippen LogP contribution in [0.3, 0.4) is 0 Å². The van der Waals surface area contributed by atoms with Gasteiger partial charge < -0.3 is 15.7 Å². The lowest BCUT2D eigenvalue weighted by atomic mass is 9.96. The van der Waals surface area contributed by atoms with E-state index >= 15 is 0 Å². The number of hydrogen-bond acceptors (Lipinski definition) is 3. The van der Waals surface area contributed by atoms with Crippen molar-refractivity contribution in [3.8, 4) is 0 Å². The van der Waals surface area contributed by atoms with Gasteiger partial charge in [-0.15, -0.1) is 0 Å². The first-order valence-electron chi connectivity index (χ1n) is 5.84. The van der Waals surface area contributed by atoms with Crippen LogP contribution in [0, 0.1) is 0 Å². The van der Waals surface area contributed by atoms with Gasteiger partial charge in [0, 0.05) is 12.7 Å². The van der Waals surface area contributed by atoms with Gasteiger partial charge in [-0.05, 0) is 37.0 Å². The molecule has 1 saturated heterocycles. The maximum absolute atomic E-state index is 11.4. The highest BCUT2D eigenvalue weighted by Crippen LogP contribution is 2.30. The van der Waals surface area contributed by atoms with Crippen molar-refractivity contribution in [1.82, 2.24) is 9.88 Å². The Morgan fingerprint density at radius 2 is 2.41 bits per heavy atom. The Labute approximate surface area is 100 Å². The van der Waals surface area contributed by atoms with E-state index in [-0.39, 0.29) is 18.7 Å². The van der Waals surface area contributed by atoms with Crippen molar-refractivity contribution in [2.24, 2.45) is 5.73 Å². The maximum Gasteiger partial charge on any atom is 0.315 e. The summed E-state index contributed by atoms with van der Waals surface area (Å²) in [6.07, 6.45) is 4.66. The van der Waals surface area contributed by atoms with Crippen LogP contribution in [-0.2, 0) is 6.61 Å². The zero-order chi connectivity index (χ0) is 12.3. The zero-order valence-electron chi connectivity index (χ0n) is 9.67. The lowest BCUT2D eigenvalue weighted by molar-refractivity contribution is 0.159. The van der Waals surface area contributed by atoms with E-state index in [0.717, 1.165) is 24.8 Å². The quantitative estimate of drug-likeness (QED) is 0.807. The molecule has 0 bridgehead atoms. The molecule has 0 spiro atoms.